The molecule has 1 saturated carbocycles. The van der Waals surface area contributed by atoms with Crippen molar-refractivity contribution in [3.63, 3.8) is 0 Å². The first-order valence-electron chi connectivity index (χ1n) is 8.20. The predicted molar refractivity (Wildman–Crippen MR) is 83.5 cm³/mol. The van der Waals surface area contributed by atoms with E-state index in [1.54, 1.807) is 4.90 Å². The van der Waals surface area contributed by atoms with Gasteiger partial charge in [0.2, 0.25) is 5.91 Å². The van der Waals surface area contributed by atoms with Gasteiger partial charge in [0.05, 0.1) is 6.42 Å². The summed E-state index contributed by atoms with van der Waals surface area (Å²) in [4.78, 5) is 25.8. The average Bonchev–Trinajstić information content (AvgIpc) is 3.07. The SMILES string of the molecule is CCc1ccc(CC(=O)N2CC3CCCC3C2C(=O)O)cc1. The fourth-order valence-corrected chi connectivity index (χ4v) is 4.05. The third-order valence-corrected chi connectivity index (χ3v) is 5.25. The van der Waals surface area contributed by atoms with Gasteiger partial charge in [0, 0.05) is 6.54 Å². The van der Waals surface area contributed by atoms with Crippen molar-refractivity contribution in [1.29, 1.82) is 0 Å². The highest BCUT2D eigenvalue weighted by Gasteiger charge is 2.49. The van der Waals surface area contributed by atoms with E-state index in [1.807, 2.05) is 24.3 Å². The molecule has 1 heterocycles. The summed E-state index contributed by atoms with van der Waals surface area (Å²) < 4.78 is 0. The quantitative estimate of drug-likeness (QED) is 0.929. The third-order valence-electron chi connectivity index (χ3n) is 5.25. The zero-order valence-corrected chi connectivity index (χ0v) is 13.0. The molecule has 2 aliphatic rings. The van der Waals surface area contributed by atoms with Gasteiger partial charge in [-0.25, -0.2) is 4.79 Å². The summed E-state index contributed by atoms with van der Waals surface area (Å²) in [5.41, 5.74) is 2.21. The monoisotopic (exact) mass is 301 g/mol. The highest BCUT2D eigenvalue weighted by atomic mass is 16.4. The van der Waals surface area contributed by atoms with E-state index in [9.17, 15) is 14.7 Å². The van der Waals surface area contributed by atoms with Gasteiger partial charge >= 0.3 is 5.97 Å². The molecule has 0 bridgehead atoms. The molecule has 22 heavy (non-hydrogen) atoms. The van der Waals surface area contributed by atoms with Crippen molar-refractivity contribution in [2.75, 3.05) is 6.54 Å². The number of nitrogens with zero attached hydrogens (tertiary/aromatic N) is 1. The van der Waals surface area contributed by atoms with E-state index in [-0.39, 0.29) is 11.8 Å². The molecule has 1 aliphatic carbocycles. The highest BCUT2D eigenvalue weighted by molar-refractivity contribution is 5.86. The smallest absolute Gasteiger partial charge is 0.326 e. The lowest BCUT2D eigenvalue weighted by Crippen LogP contribution is -2.43. The van der Waals surface area contributed by atoms with Crippen LogP contribution >= 0.6 is 0 Å². The molecule has 4 nitrogen and oxygen atoms in total. The molecular formula is C18H23NO3. The maximum absolute atomic E-state index is 12.6. The normalized spacial score (nSPS) is 27.0. The Hall–Kier alpha value is -1.84. The lowest BCUT2D eigenvalue weighted by molar-refractivity contribution is -0.149. The molecule has 1 amide bonds. The Balaban J connectivity index is 1.72. The molecule has 4 heteroatoms. The van der Waals surface area contributed by atoms with Gasteiger partial charge in [0.15, 0.2) is 0 Å². The minimum absolute atomic E-state index is 0.0500. The van der Waals surface area contributed by atoms with Crippen LogP contribution in [0.5, 0.6) is 0 Å². The third kappa shape index (κ3) is 2.74. The number of hydrogen-bond acceptors (Lipinski definition) is 2. The van der Waals surface area contributed by atoms with E-state index in [0.29, 0.717) is 18.9 Å². The second-order valence-corrected chi connectivity index (χ2v) is 6.53. The number of carbonyl (C=O) groups excluding carboxylic acids is 1. The number of benzene rings is 1. The summed E-state index contributed by atoms with van der Waals surface area (Å²) in [6.45, 7) is 2.72. The van der Waals surface area contributed by atoms with Crippen LogP contribution in [-0.2, 0) is 22.4 Å². The van der Waals surface area contributed by atoms with Gasteiger partial charge in [-0.1, -0.05) is 37.6 Å². The van der Waals surface area contributed by atoms with Gasteiger partial charge in [-0.15, -0.1) is 0 Å². The Labute approximate surface area is 131 Å². The minimum Gasteiger partial charge on any atom is -0.480 e. The molecular weight excluding hydrogens is 278 g/mol. The second kappa shape index (κ2) is 6.11. The number of likely N-dealkylation sites (tertiary alicyclic amines) is 1. The second-order valence-electron chi connectivity index (χ2n) is 6.53. The van der Waals surface area contributed by atoms with E-state index >= 15 is 0 Å². The standard InChI is InChI=1S/C18H23NO3/c1-2-12-6-8-13(9-7-12)10-16(20)19-11-14-4-3-5-15(14)17(19)18(21)22/h6-9,14-15,17H,2-5,10-11H2,1H3,(H,21,22). The molecule has 1 saturated heterocycles. The Morgan fingerprint density at radius 1 is 1.18 bits per heavy atom. The number of carboxylic acid groups (broad SMARTS) is 1. The van der Waals surface area contributed by atoms with Crippen molar-refractivity contribution >= 4 is 11.9 Å². The minimum atomic E-state index is -0.843. The van der Waals surface area contributed by atoms with Crippen LogP contribution in [0.15, 0.2) is 24.3 Å². The van der Waals surface area contributed by atoms with Crippen molar-refractivity contribution in [3.8, 4) is 0 Å². The maximum atomic E-state index is 12.6. The van der Waals surface area contributed by atoms with Gasteiger partial charge in [0.25, 0.3) is 0 Å². The first-order valence-corrected chi connectivity index (χ1v) is 8.20. The van der Waals surface area contributed by atoms with Crippen molar-refractivity contribution < 1.29 is 14.7 Å². The van der Waals surface area contributed by atoms with Gasteiger partial charge in [-0.05, 0) is 42.2 Å². The number of hydrogen-bond donors (Lipinski definition) is 1. The van der Waals surface area contributed by atoms with Crippen molar-refractivity contribution in [1.82, 2.24) is 4.90 Å². The number of carboxylic acids is 1. The first kappa shape index (κ1) is 15.1. The van der Waals surface area contributed by atoms with Gasteiger partial charge < -0.3 is 10.0 Å². The van der Waals surface area contributed by atoms with Crippen LogP contribution in [0.4, 0.5) is 0 Å². The molecule has 1 aliphatic heterocycles. The van der Waals surface area contributed by atoms with Crippen LogP contribution in [0.3, 0.4) is 0 Å². The topological polar surface area (TPSA) is 57.6 Å². The fraction of sp³-hybridized carbons (Fsp3) is 0.556. The summed E-state index contributed by atoms with van der Waals surface area (Å²) >= 11 is 0. The number of carbonyl (C=O) groups is 2. The molecule has 3 atom stereocenters. The maximum Gasteiger partial charge on any atom is 0.326 e. The summed E-state index contributed by atoms with van der Waals surface area (Å²) in [5, 5.41) is 9.52. The van der Waals surface area contributed by atoms with Crippen LogP contribution in [0, 0.1) is 11.8 Å². The summed E-state index contributed by atoms with van der Waals surface area (Å²) in [5.74, 6) is -0.355. The molecule has 3 rings (SSSR count). The van der Waals surface area contributed by atoms with Gasteiger partial charge in [-0.2, -0.15) is 0 Å². The number of fused-ring (bicyclic) bond motifs is 1. The van der Waals surface area contributed by atoms with Crippen molar-refractivity contribution in [3.05, 3.63) is 35.4 Å². The van der Waals surface area contributed by atoms with Crippen molar-refractivity contribution in [2.24, 2.45) is 11.8 Å². The molecule has 1 aromatic carbocycles. The predicted octanol–water partition coefficient (Wildman–Crippen LogP) is 2.50. The number of rotatable bonds is 4. The van der Waals surface area contributed by atoms with Gasteiger partial charge in [-0.3, -0.25) is 4.79 Å². The van der Waals surface area contributed by atoms with E-state index in [1.165, 1.54) is 5.56 Å². The van der Waals surface area contributed by atoms with Crippen molar-refractivity contribution in [2.45, 2.75) is 45.1 Å². The average molecular weight is 301 g/mol. The molecule has 1 N–H and O–H groups in total. The van der Waals surface area contributed by atoms with Gasteiger partial charge in [0.1, 0.15) is 6.04 Å². The molecule has 0 spiro atoms. The van der Waals surface area contributed by atoms with E-state index in [2.05, 4.69) is 6.92 Å². The molecule has 0 aromatic heterocycles. The molecule has 118 valence electrons. The fourth-order valence-electron chi connectivity index (χ4n) is 4.05. The van der Waals surface area contributed by atoms with E-state index < -0.39 is 12.0 Å². The molecule has 0 radical (unpaired) electrons. The van der Waals surface area contributed by atoms with Crippen LogP contribution < -0.4 is 0 Å². The summed E-state index contributed by atoms with van der Waals surface area (Å²) in [7, 11) is 0. The zero-order valence-electron chi connectivity index (χ0n) is 13.0. The molecule has 1 aromatic rings. The number of amides is 1. The summed E-state index contributed by atoms with van der Waals surface area (Å²) in [6.07, 6.45) is 4.37. The Morgan fingerprint density at radius 2 is 1.86 bits per heavy atom. The summed E-state index contributed by atoms with van der Waals surface area (Å²) in [6, 6.07) is 7.41. The Morgan fingerprint density at radius 3 is 2.50 bits per heavy atom. The number of aliphatic carboxylic acids is 1. The van der Waals surface area contributed by atoms with Crippen LogP contribution in [0.25, 0.3) is 0 Å². The van der Waals surface area contributed by atoms with E-state index in [4.69, 9.17) is 0 Å². The first-order chi connectivity index (χ1) is 10.6. The molecule has 2 fully saturated rings. The Kier molecular flexibility index (Phi) is 4.19. The van der Waals surface area contributed by atoms with Crippen LogP contribution in [0.2, 0.25) is 0 Å². The van der Waals surface area contributed by atoms with Crippen LogP contribution in [-0.4, -0.2) is 34.5 Å². The lowest BCUT2D eigenvalue weighted by atomic mass is 9.94. The van der Waals surface area contributed by atoms with Crippen LogP contribution in [0.1, 0.15) is 37.3 Å². The Bertz CT molecular complexity index is 566. The number of aryl methyl sites for hydroxylation is 1. The molecule has 3 unspecified atom stereocenters. The highest BCUT2D eigenvalue weighted by Crippen LogP contribution is 2.42. The van der Waals surface area contributed by atoms with E-state index in [0.717, 1.165) is 31.2 Å². The zero-order chi connectivity index (χ0) is 15.7. The lowest BCUT2D eigenvalue weighted by Gasteiger charge is -2.24. The largest absolute Gasteiger partial charge is 0.480 e.